The summed E-state index contributed by atoms with van der Waals surface area (Å²) in [5.41, 5.74) is 0.383. The van der Waals surface area contributed by atoms with E-state index in [1.54, 1.807) is 0 Å². The number of benzene rings is 1. The summed E-state index contributed by atoms with van der Waals surface area (Å²) in [4.78, 5) is 0. The molecule has 1 aliphatic heterocycles. The minimum absolute atomic E-state index is 0.161. The van der Waals surface area contributed by atoms with E-state index in [9.17, 15) is 21.6 Å². The van der Waals surface area contributed by atoms with Crippen LogP contribution in [0.1, 0.15) is 18.4 Å². The van der Waals surface area contributed by atoms with Crippen LogP contribution in [0, 0.1) is 0 Å². The summed E-state index contributed by atoms with van der Waals surface area (Å²) in [6, 6.07) is 4.61. The van der Waals surface area contributed by atoms with Gasteiger partial charge in [0.2, 0.25) is 10.0 Å². The first kappa shape index (κ1) is 17.0. The highest BCUT2D eigenvalue weighted by Crippen LogP contribution is 2.23. The Kier molecular flexibility index (Phi) is 5.30. The molecule has 1 aliphatic rings. The summed E-state index contributed by atoms with van der Waals surface area (Å²) in [7, 11) is -3.55. The van der Waals surface area contributed by atoms with Gasteiger partial charge in [0.1, 0.15) is 5.75 Å². The molecule has 22 heavy (non-hydrogen) atoms. The molecule has 0 unspecified atom stereocenters. The fourth-order valence-corrected chi connectivity index (χ4v) is 3.58. The van der Waals surface area contributed by atoms with Crippen molar-refractivity contribution in [1.82, 2.24) is 4.72 Å². The lowest BCUT2D eigenvalue weighted by molar-refractivity contribution is -0.274. The van der Waals surface area contributed by atoms with E-state index >= 15 is 0 Å². The van der Waals surface area contributed by atoms with E-state index in [0.29, 0.717) is 31.6 Å². The molecule has 1 fully saturated rings. The van der Waals surface area contributed by atoms with E-state index in [0.717, 1.165) is 12.1 Å². The van der Waals surface area contributed by atoms with Gasteiger partial charge in [-0.3, -0.25) is 0 Å². The van der Waals surface area contributed by atoms with Gasteiger partial charge in [-0.2, -0.15) is 0 Å². The van der Waals surface area contributed by atoms with Crippen LogP contribution in [0.25, 0.3) is 0 Å². The molecule has 0 aliphatic carbocycles. The van der Waals surface area contributed by atoms with Crippen LogP contribution in [0.2, 0.25) is 0 Å². The minimum Gasteiger partial charge on any atom is -0.406 e. The molecular weight excluding hydrogens is 323 g/mol. The summed E-state index contributed by atoms with van der Waals surface area (Å²) in [6.07, 6.45) is -3.55. The van der Waals surface area contributed by atoms with E-state index in [1.807, 2.05) is 0 Å². The Hall–Kier alpha value is -1.32. The van der Waals surface area contributed by atoms with Crippen molar-refractivity contribution in [3.63, 3.8) is 0 Å². The molecule has 1 N–H and O–H groups in total. The summed E-state index contributed by atoms with van der Waals surface area (Å²) in [6.45, 7) is 1.02. The molecule has 0 amide bonds. The Morgan fingerprint density at radius 2 is 1.77 bits per heavy atom. The van der Waals surface area contributed by atoms with Crippen LogP contribution in [0.5, 0.6) is 5.75 Å². The highest BCUT2D eigenvalue weighted by molar-refractivity contribution is 7.88. The zero-order valence-corrected chi connectivity index (χ0v) is 12.4. The molecule has 0 aromatic heterocycles. The largest absolute Gasteiger partial charge is 0.573 e. The lowest BCUT2D eigenvalue weighted by Gasteiger charge is -2.23. The van der Waals surface area contributed by atoms with Crippen molar-refractivity contribution in [2.45, 2.75) is 31.0 Å². The van der Waals surface area contributed by atoms with Gasteiger partial charge in [-0.15, -0.1) is 13.2 Å². The molecule has 2 rings (SSSR count). The zero-order chi connectivity index (χ0) is 16.2. The van der Waals surface area contributed by atoms with Crippen LogP contribution in [0.3, 0.4) is 0 Å². The fraction of sp³-hybridized carbons (Fsp3) is 0.538. The quantitative estimate of drug-likeness (QED) is 0.893. The van der Waals surface area contributed by atoms with E-state index < -0.39 is 16.4 Å². The van der Waals surface area contributed by atoms with Crippen LogP contribution < -0.4 is 9.46 Å². The summed E-state index contributed by atoms with van der Waals surface area (Å²) < 4.78 is 71.6. The average molecular weight is 339 g/mol. The van der Waals surface area contributed by atoms with Gasteiger partial charge >= 0.3 is 6.36 Å². The van der Waals surface area contributed by atoms with Gasteiger partial charge < -0.3 is 9.47 Å². The van der Waals surface area contributed by atoms with Crippen molar-refractivity contribution >= 4 is 10.0 Å². The Morgan fingerprint density at radius 1 is 1.18 bits per heavy atom. The number of hydrogen-bond donors (Lipinski definition) is 1. The van der Waals surface area contributed by atoms with Crippen LogP contribution >= 0.6 is 0 Å². The number of halogens is 3. The normalized spacial score (nSPS) is 17.4. The van der Waals surface area contributed by atoms with Crippen molar-refractivity contribution in [3.05, 3.63) is 29.8 Å². The lowest BCUT2D eigenvalue weighted by atomic mass is 10.1. The SMILES string of the molecule is O=S(=O)(Cc1ccc(OC(F)(F)F)cc1)NC1CCOCC1. The van der Waals surface area contributed by atoms with Crippen molar-refractivity contribution in [3.8, 4) is 5.75 Å². The van der Waals surface area contributed by atoms with Crippen LogP contribution in [-0.2, 0) is 20.5 Å². The van der Waals surface area contributed by atoms with E-state index in [2.05, 4.69) is 9.46 Å². The highest BCUT2D eigenvalue weighted by Gasteiger charge is 2.31. The summed E-state index contributed by atoms with van der Waals surface area (Å²) in [5.74, 6) is -0.678. The molecule has 1 aromatic carbocycles. The van der Waals surface area contributed by atoms with Crippen molar-refractivity contribution < 1.29 is 31.1 Å². The Balaban J connectivity index is 1.94. The van der Waals surface area contributed by atoms with Gasteiger partial charge in [-0.25, -0.2) is 13.1 Å². The third kappa shape index (κ3) is 5.82. The molecule has 0 spiro atoms. The molecule has 1 heterocycles. The number of alkyl halides is 3. The predicted octanol–water partition coefficient (Wildman–Crippen LogP) is 2.18. The molecule has 124 valence electrons. The first-order valence-corrected chi connectivity index (χ1v) is 8.31. The minimum atomic E-state index is -4.77. The van der Waals surface area contributed by atoms with E-state index in [4.69, 9.17) is 4.74 Å². The monoisotopic (exact) mass is 339 g/mol. The van der Waals surface area contributed by atoms with Crippen LogP contribution in [-0.4, -0.2) is 34.0 Å². The second-order valence-electron chi connectivity index (χ2n) is 4.96. The molecule has 0 atom stereocenters. The smallest absolute Gasteiger partial charge is 0.406 e. The second kappa shape index (κ2) is 6.84. The third-order valence-corrected chi connectivity index (χ3v) is 4.49. The van der Waals surface area contributed by atoms with Crippen LogP contribution in [0.15, 0.2) is 24.3 Å². The van der Waals surface area contributed by atoms with Gasteiger partial charge in [0.15, 0.2) is 0 Å². The van der Waals surface area contributed by atoms with Crippen LogP contribution in [0.4, 0.5) is 13.2 Å². The van der Waals surface area contributed by atoms with Gasteiger partial charge in [0, 0.05) is 19.3 Å². The number of rotatable bonds is 5. The molecule has 1 saturated heterocycles. The Labute approximate surface area is 126 Å². The summed E-state index contributed by atoms with van der Waals surface area (Å²) in [5, 5.41) is 0. The molecule has 1 aromatic rings. The zero-order valence-electron chi connectivity index (χ0n) is 11.6. The number of hydrogen-bond acceptors (Lipinski definition) is 4. The topological polar surface area (TPSA) is 64.6 Å². The average Bonchev–Trinajstić information content (AvgIpc) is 2.39. The Bertz CT molecular complexity index is 580. The molecule has 9 heteroatoms. The standard InChI is InChI=1S/C13H16F3NO4S/c14-13(15,16)21-12-3-1-10(2-4-12)9-22(18,19)17-11-5-7-20-8-6-11/h1-4,11,17H,5-9H2. The van der Waals surface area contributed by atoms with Crippen molar-refractivity contribution in [2.75, 3.05) is 13.2 Å². The number of ether oxygens (including phenoxy) is 2. The number of nitrogens with one attached hydrogen (secondary N) is 1. The molecule has 0 radical (unpaired) electrons. The van der Waals surface area contributed by atoms with Crippen molar-refractivity contribution in [1.29, 1.82) is 0 Å². The van der Waals surface area contributed by atoms with Crippen molar-refractivity contribution in [2.24, 2.45) is 0 Å². The van der Waals surface area contributed by atoms with Gasteiger partial charge in [-0.05, 0) is 30.5 Å². The fourth-order valence-electron chi connectivity index (χ4n) is 2.12. The molecule has 0 saturated carbocycles. The third-order valence-electron chi connectivity index (χ3n) is 3.08. The maximum atomic E-state index is 12.0. The molecule has 0 bridgehead atoms. The first-order chi connectivity index (χ1) is 10.2. The predicted molar refractivity (Wildman–Crippen MR) is 72.7 cm³/mol. The Morgan fingerprint density at radius 3 is 2.32 bits per heavy atom. The number of sulfonamides is 1. The van der Waals surface area contributed by atoms with E-state index in [-0.39, 0.29) is 17.5 Å². The maximum absolute atomic E-state index is 12.0. The highest BCUT2D eigenvalue weighted by atomic mass is 32.2. The molecule has 5 nitrogen and oxygen atoms in total. The second-order valence-corrected chi connectivity index (χ2v) is 6.71. The maximum Gasteiger partial charge on any atom is 0.573 e. The lowest BCUT2D eigenvalue weighted by Crippen LogP contribution is -2.39. The van der Waals surface area contributed by atoms with Gasteiger partial charge in [0.25, 0.3) is 0 Å². The molecular formula is C13H16F3NO4S. The summed E-state index contributed by atoms with van der Waals surface area (Å²) >= 11 is 0. The first-order valence-electron chi connectivity index (χ1n) is 6.66. The van der Waals surface area contributed by atoms with E-state index in [1.165, 1.54) is 12.1 Å². The van der Waals surface area contributed by atoms with Gasteiger partial charge in [-0.1, -0.05) is 12.1 Å². The van der Waals surface area contributed by atoms with Gasteiger partial charge in [0.05, 0.1) is 5.75 Å².